The van der Waals surface area contributed by atoms with E-state index in [1.54, 1.807) is 24.3 Å². The summed E-state index contributed by atoms with van der Waals surface area (Å²) in [5.41, 5.74) is 0.656. The summed E-state index contributed by atoms with van der Waals surface area (Å²) in [7, 11) is 0. The van der Waals surface area contributed by atoms with Gasteiger partial charge in [0, 0.05) is 16.6 Å². The van der Waals surface area contributed by atoms with E-state index in [1.165, 1.54) is 0 Å². The van der Waals surface area contributed by atoms with E-state index in [1.807, 2.05) is 20.8 Å². The van der Waals surface area contributed by atoms with Gasteiger partial charge in [0.2, 0.25) is 0 Å². The molecule has 1 atom stereocenters. The lowest BCUT2D eigenvalue weighted by atomic mass is 10.1. The van der Waals surface area contributed by atoms with Crippen LogP contribution in [0.25, 0.3) is 0 Å². The Hall–Kier alpha value is -0.860. The maximum atomic E-state index is 11.9. The van der Waals surface area contributed by atoms with Gasteiger partial charge < -0.3 is 5.32 Å². The van der Waals surface area contributed by atoms with E-state index >= 15 is 0 Å². The Bertz CT molecular complexity index is 349. The van der Waals surface area contributed by atoms with Crippen molar-refractivity contribution in [2.75, 3.05) is 0 Å². The molecule has 1 aromatic carbocycles. The maximum absolute atomic E-state index is 11.9. The van der Waals surface area contributed by atoms with Crippen LogP contribution in [0.2, 0.25) is 5.02 Å². The second-order valence-corrected chi connectivity index (χ2v) is 4.35. The van der Waals surface area contributed by atoms with Crippen molar-refractivity contribution < 1.29 is 4.79 Å². The van der Waals surface area contributed by atoms with E-state index in [-0.39, 0.29) is 11.8 Å². The minimum Gasteiger partial charge on any atom is -0.305 e. The Kier molecular flexibility index (Phi) is 4.30. The van der Waals surface area contributed by atoms with Gasteiger partial charge in [0.05, 0.1) is 6.04 Å². The summed E-state index contributed by atoms with van der Waals surface area (Å²) in [6.07, 6.45) is 0. The van der Waals surface area contributed by atoms with Gasteiger partial charge in [-0.1, -0.05) is 37.6 Å². The normalized spacial score (nSPS) is 12.9. The third-order valence-corrected chi connectivity index (χ3v) is 2.32. The highest BCUT2D eigenvalue weighted by atomic mass is 35.5. The standard InChI is InChI=1S/C12H16ClNO/c1-8(2)14-9(3)12(15)10-5-4-6-11(13)7-10/h4-9,14H,1-3H3/t9-/m0/s1. The average Bonchev–Trinajstić information content (AvgIpc) is 2.15. The summed E-state index contributed by atoms with van der Waals surface area (Å²) in [5, 5.41) is 3.76. The quantitative estimate of drug-likeness (QED) is 0.799. The number of benzene rings is 1. The van der Waals surface area contributed by atoms with Crippen molar-refractivity contribution in [3.63, 3.8) is 0 Å². The Morgan fingerprint density at radius 2 is 2.00 bits per heavy atom. The minimum atomic E-state index is -0.177. The van der Waals surface area contributed by atoms with Gasteiger partial charge in [-0.2, -0.15) is 0 Å². The lowest BCUT2D eigenvalue weighted by Gasteiger charge is -2.15. The fourth-order valence-corrected chi connectivity index (χ4v) is 1.66. The van der Waals surface area contributed by atoms with Crippen molar-refractivity contribution in [3.8, 4) is 0 Å². The predicted octanol–water partition coefficient (Wildman–Crippen LogP) is 2.91. The molecule has 0 saturated carbocycles. The van der Waals surface area contributed by atoms with Crippen LogP contribution in [0.5, 0.6) is 0 Å². The number of nitrogens with one attached hydrogen (secondary N) is 1. The van der Waals surface area contributed by atoms with Gasteiger partial charge in [0.15, 0.2) is 5.78 Å². The largest absolute Gasteiger partial charge is 0.305 e. The zero-order valence-electron chi connectivity index (χ0n) is 9.25. The smallest absolute Gasteiger partial charge is 0.179 e. The van der Waals surface area contributed by atoms with E-state index in [0.717, 1.165) is 0 Å². The number of hydrogen-bond acceptors (Lipinski definition) is 2. The molecule has 0 aliphatic rings. The van der Waals surface area contributed by atoms with Crippen molar-refractivity contribution in [1.29, 1.82) is 0 Å². The van der Waals surface area contributed by atoms with E-state index in [0.29, 0.717) is 16.6 Å². The lowest BCUT2D eigenvalue weighted by Crippen LogP contribution is -2.38. The van der Waals surface area contributed by atoms with Crippen LogP contribution in [-0.4, -0.2) is 17.9 Å². The molecule has 1 N–H and O–H groups in total. The van der Waals surface area contributed by atoms with E-state index in [4.69, 9.17) is 11.6 Å². The van der Waals surface area contributed by atoms with Crippen molar-refractivity contribution in [2.24, 2.45) is 0 Å². The summed E-state index contributed by atoms with van der Waals surface area (Å²) in [6.45, 7) is 5.90. The monoisotopic (exact) mass is 225 g/mol. The van der Waals surface area contributed by atoms with Crippen molar-refractivity contribution >= 4 is 17.4 Å². The topological polar surface area (TPSA) is 29.1 Å². The highest BCUT2D eigenvalue weighted by Gasteiger charge is 2.15. The van der Waals surface area contributed by atoms with E-state index in [2.05, 4.69) is 5.32 Å². The molecule has 3 heteroatoms. The Morgan fingerprint density at radius 1 is 1.33 bits per heavy atom. The molecule has 0 unspecified atom stereocenters. The molecule has 0 aliphatic carbocycles. The van der Waals surface area contributed by atoms with Gasteiger partial charge in [0.1, 0.15) is 0 Å². The highest BCUT2D eigenvalue weighted by Crippen LogP contribution is 2.12. The van der Waals surface area contributed by atoms with Gasteiger partial charge in [-0.3, -0.25) is 4.79 Å². The molecule has 0 radical (unpaired) electrons. The van der Waals surface area contributed by atoms with Gasteiger partial charge >= 0.3 is 0 Å². The second-order valence-electron chi connectivity index (χ2n) is 3.92. The van der Waals surface area contributed by atoms with E-state index in [9.17, 15) is 4.79 Å². The molecular weight excluding hydrogens is 210 g/mol. The Balaban J connectivity index is 2.76. The summed E-state index contributed by atoms with van der Waals surface area (Å²) < 4.78 is 0. The molecule has 15 heavy (non-hydrogen) atoms. The fraction of sp³-hybridized carbons (Fsp3) is 0.417. The average molecular weight is 226 g/mol. The number of halogens is 1. The first kappa shape index (κ1) is 12.2. The molecule has 0 fully saturated rings. The van der Waals surface area contributed by atoms with Crippen molar-refractivity contribution in [2.45, 2.75) is 32.9 Å². The number of rotatable bonds is 4. The fourth-order valence-electron chi connectivity index (χ4n) is 1.47. The van der Waals surface area contributed by atoms with Crippen LogP contribution in [0.1, 0.15) is 31.1 Å². The molecular formula is C12H16ClNO. The third-order valence-electron chi connectivity index (χ3n) is 2.09. The molecule has 82 valence electrons. The molecule has 0 amide bonds. The zero-order chi connectivity index (χ0) is 11.4. The van der Waals surface area contributed by atoms with Crippen LogP contribution < -0.4 is 5.32 Å². The second kappa shape index (κ2) is 5.29. The molecule has 1 rings (SSSR count). The maximum Gasteiger partial charge on any atom is 0.179 e. The summed E-state index contributed by atoms with van der Waals surface area (Å²) in [5.74, 6) is 0.0752. The van der Waals surface area contributed by atoms with Crippen LogP contribution in [-0.2, 0) is 0 Å². The van der Waals surface area contributed by atoms with Crippen LogP contribution in [0.4, 0.5) is 0 Å². The summed E-state index contributed by atoms with van der Waals surface area (Å²) >= 11 is 5.83. The molecule has 0 spiro atoms. The first-order valence-corrected chi connectivity index (χ1v) is 5.44. The first-order valence-electron chi connectivity index (χ1n) is 5.06. The summed E-state index contributed by atoms with van der Waals surface area (Å²) in [4.78, 5) is 11.9. The van der Waals surface area contributed by atoms with Crippen LogP contribution in [0, 0.1) is 0 Å². The van der Waals surface area contributed by atoms with Crippen LogP contribution >= 0.6 is 11.6 Å². The minimum absolute atomic E-state index is 0.0752. The number of carbonyl (C=O) groups excluding carboxylic acids is 1. The van der Waals surface area contributed by atoms with Crippen LogP contribution in [0.3, 0.4) is 0 Å². The molecule has 0 aromatic heterocycles. The van der Waals surface area contributed by atoms with Gasteiger partial charge in [0.25, 0.3) is 0 Å². The van der Waals surface area contributed by atoms with Gasteiger partial charge in [-0.15, -0.1) is 0 Å². The lowest BCUT2D eigenvalue weighted by molar-refractivity contribution is 0.0946. The molecule has 0 saturated heterocycles. The molecule has 1 aromatic rings. The number of hydrogen-bond donors (Lipinski definition) is 1. The van der Waals surface area contributed by atoms with Crippen molar-refractivity contribution in [1.82, 2.24) is 5.32 Å². The first-order chi connectivity index (χ1) is 7.00. The number of ketones is 1. The number of Topliss-reactive ketones (excluding diaryl/α,β-unsaturated/α-hetero) is 1. The van der Waals surface area contributed by atoms with E-state index < -0.39 is 0 Å². The SMILES string of the molecule is CC(C)N[C@@H](C)C(=O)c1cccc(Cl)c1. The molecule has 0 heterocycles. The third kappa shape index (κ3) is 3.65. The highest BCUT2D eigenvalue weighted by molar-refractivity contribution is 6.31. The predicted molar refractivity (Wildman–Crippen MR) is 63.5 cm³/mol. The van der Waals surface area contributed by atoms with Crippen molar-refractivity contribution in [3.05, 3.63) is 34.9 Å². The Labute approximate surface area is 95.6 Å². The number of carbonyl (C=O) groups is 1. The summed E-state index contributed by atoms with van der Waals surface area (Å²) in [6, 6.07) is 7.15. The molecule has 2 nitrogen and oxygen atoms in total. The molecule has 0 bridgehead atoms. The Morgan fingerprint density at radius 3 is 2.53 bits per heavy atom. The van der Waals surface area contributed by atoms with Gasteiger partial charge in [-0.05, 0) is 19.1 Å². The zero-order valence-corrected chi connectivity index (χ0v) is 10.0. The van der Waals surface area contributed by atoms with Crippen LogP contribution in [0.15, 0.2) is 24.3 Å². The van der Waals surface area contributed by atoms with Gasteiger partial charge in [-0.25, -0.2) is 0 Å². The molecule has 0 aliphatic heterocycles.